The highest BCUT2D eigenvalue weighted by molar-refractivity contribution is 6.00. The van der Waals surface area contributed by atoms with Crippen molar-refractivity contribution in [1.29, 1.82) is 0 Å². The second-order valence-corrected chi connectivity index (χ2v) is 16.9. The minimum absolute atomic E-state index is 0.349. The van der Waals surface area contributed by atoms with E-state index >= 15 is 0 Å². The second-order valence-electron chi connectivity index (χ2n) is 16.9. The van der Waals surface area contributed by atoms with E-state index in [2.05, 4.69) is 19.2 Å². The Morgan fingerprint density at radius 3 is 1.12 bits per heavy atom. The molecular weight excluding hydrogens is 743 g/mol. The Morgan fingerprint density at radius 1 is 0.450 bits per heavy atom. The third-order valence-corrected chi connectivity index (χ3v) is 11.8. The summed E-state index contributed by atoms with van der Waals surface area (Å²) in [6.07, 6.45) is 37.8. The fourth-order valence-corrected chi connectivity index (χ4v) is 8.34. The first-order valence-corrected chi connectivity index (χ1v) is 24.1. The van der Waals surface area contributed by atoms with Gasteiger partial charge in [0.05, 0.1) is 41.7 Å². The molecule has 1 aliphatic rings. The zero-order chi connectivity index (χ0) is 42.3. The molecule has 0 radical (unpaired) electrons. The number of nitrogens with zero attached hydrogens (tertiary/aromatic N) is 2. The fourth-order valence-electron chi connectivity index (χ4n) is 8.34. The molecule has 3 aromatic rings. The van der Waals surface area contributed by atoms with Crippen molar-refractivity contribution < 1.29 is 28.2 Å². The van der Waals surface area contributed by atoms with Crippen molar-refractivity contribution in [2.75, 3.05) is 13.2 Å². The van der Waals surface area contributed by atoms with E-state index in [0.717, 1.165) is 55.5 Å². The molecule has 0 atom stereocenters. The molecule has 4 rings (SSSR count). The Kier molecular flexibility index (Phi) is 24.8. The Labute approximate surface area is 364 Å². The van der Waals surface area contributed by atoms with Gasteiger partial charge in [0.25, 0.3) is 0 Å². The highest BCUT2D eigenvalue weighted by Crippen LogP contribution is 2.40. The third-order valence-electron chi connectivity index (χ3n) is 11.8. The Balaban J connectivity index is 1.45. The highest BCUT2D eigenvalue weighted by atomic mass is 16.5. The van der Waals surface area contributed by atoms with E-state index in [1.54, 1.807) is 0 Å². The van der Waals surface area contributed by atoms with Gasteiger partial charge in [-0.1, -0.05) is 198 Å². The molecule has 1 aliphatic heterocycles. The van der Waals surface area contributed by atoms with Gasteiger partial charge in [0.1, 0.15) is 0 Å². The zero-order valence-corrected chi connectivity index (χ0v) is 37.6. The summed E-state index contributed by atoms with van der Waals surface area (Å²) in [6.45, 7) is 6.06. The Bertz CT molecular complexity index is 1550. The number of hydrogen-bond donors (Lipinski definition) is 1. The monoisotopic (exact) mass is 822 g/mol. The normalized spacial score (nSPS) is 13.1. The number of carbonyl (C=O) groups is 2. The Hall–Kier alpha value is -4.26. The first-order valence-electron chi connectivity index (χ1n) is 24.1. The molecule has 1 aromatic carbocycles. The van der Waals surface area contributed by atoms with Crippen molar-refractivity contribution in [3.8, 4) is 0 Å². The first-order chi connectivity index (χ1) is 29.6. The molecule has 0 aliphatic carbocycles. The van der Waals surface area contributed by atoms with Crippen molar-refractivity contribution in [3.63, 3.8) is 0 Å². The van der Waals surface area contributed by atoms with E-state index < -0.39 is 5.92 Å². The van der Waals surface area contributed by atoms with Gasteiger partial charge in [0.15, 0.2) is 37.9 Å². The predicted octanol–water partition coefficient (Wildman–Crippen LogP) is 12.3. The maximum Gasteiger partial charge on any atom is 0.337 e. The standard InChI is InChI=1S/C53H78N3O4/c1-3-5-7-9-11-13-15-17-19-21-23-34-42-59-52(57)50-47(44-55-38-30-26-31-39-55)54-48(45-56-40-32-27-33-41-56)51(49(50)46-36-28-25-29-37-46)53(58)60-43-35-24-22-20-18-16-14-12-10-8-6-4-2/h25-33,36-41,49H,3-24,34-35,42-45H2,1-2H3/q+1/p+1. The largest absolute Gasteiger partial charge is 0.462 e. The molecule has 0 bridgehead atoms. The molecule has 60 heavy (non-hydrogen) atoms. The van der Waals surface area contributed by atoms with Crippen LogP contribution in [-0.4, -0.2) is 25.2 Å². The van der Waals surface area contributed by atoms with Crippen molar-refractivity contribution >= 4 is 11.9 Å². The number of benzene rings is 1. The third kappa shape index (κ3) is 18.6. The van der Waals surface area contributed by atoms with Gasteiger partial charge in [-0.15, -0.1) is 0 Å². The van der Waals surface area contributed by atoms with Crippen LogP contribution in [0.15, 0.2) is 114 Å². The van der Waals surface area contributed by atoms with Gasteiger partial charge in [-0.05, 0) is 18.4 Å². The lowest BCUT2D eigenvalue weighted by Gasteiger charge is -2.31. The van der Waals surface area contributed by atoms with Gasteiger partial charge in [-0.2, -0.15) is 9.13 Å². The summed E-state index contributed by atoms with van der Waals surface area (Å²) in [5.74, 6) is -1.43. The number of hydrogen-bond acceptors (Lipinski definition) is 5. The van der Waals surface area contributed by atoms with Crippen LogP contribution in [0.4, 0.5) is 0 Å². The van der Waals surface area contributed by atoms with Gasteiger partial charge < -0.3 is 14.8 Å². The van der Waals surface area contributed by atoms with E-state index in [1.807, 2.05) is 101 Å². The summed E-state index contributed by atoms with van der Waals surface area (Å²) in [6, 6.07) is 21.8. The van der Waals surface area contributed by atoms with Crippen LogP contribution in [0, 0.1) is 0 Å². The SMILES string of the molecule is CCCCCCCCCCCCCCOC(=O)C1=C(C[n+]2ccccc2)NC(C[n+]2ccccc2)=C(C(=O)OCCCCCCCCCCCCCC)C1c1ccccc1. The predicted molar refractivity (Wildman–Crippen MR) is 244 cm³/mol. The van der Waals surface area contributed by atoms with Crippen LogP contribution in [0.2, 0.25) is 0 Å². The molecule has 2 aromatic heterocycles. The van der Waals surface area contributed by atoms with Crippen molar-refractivity contribution in [3.05, 3.63) is 120 Å². The lowest BCUT2D eigenvalue weighted by atomic mass is 9.80. The van der Waals surface area contributed by atoms with E-state index in [1.165, 1.54) is 116 Å². The lowest BCUT2D eigenvalue weighted by Crippen LogP contribution is -2.45. The van der Waals surface area contributed by atoms with Gasteiger partial charge in [0.2, 0.25) is 0 Å². The smallest absolute Gasteiger partial charge is 0.337 e. The summed E-state index contributed by atoms with van der Waals surface area (Å²) < 4.78 is 16.4. The van der Waals surface area contributed by atoms with Crippen LogP contribution in [0.3, 0.4) is 0 Å². The summed E-state index contributed by atoms with van der Waals surface area (Å²) >= 11 is 0. The molecule has 0 saturated carbocycles. The number of allylic oxidation sites excluding steroid dienone is 2. The number of esters is 2. The first kappa shape index (κ1) is 48.4. The molecular formula is C53H79N3O4+2. The molecule has 7 nitrogen and oxygen atoms in total. The average molecular weight is 822 g/mol. The van der Waals surface area contributed by atoms with Crippen LogP contribution in [0.5, 0.6) is 0 Å². The van der Waals surface area contributed by atoms with Crippen LogP contribution in [0.1, 0.15) is 179 Å². The van der Waals surface area contributed by atoms with Crippen LogP contribution < -0.4 is 14.5 Å². The van der Waals surface area contributed by atoms with Gasteiger partial charge >= 0.3 is 11.9 Å². The van der Waals surface area contributed by atoms with Crippen LogP contribution in [-0.2, 0) is 32.2 Å². The van der Waals surface area contributed by atoms with E-state index in [4.69, 9.17) is 9.47 Å². The average Bonchev–Trinajstić information content (AvgIpc) is 3.27. The quantitative estimate of drug-likeness (QED) is 0.0376. The summed E-state index contributed by atoms with van der Waals surface area (Å²) in [7, 11) is 0. The molecule has 0 fully saturated rings. The fraction of sp³-hybridized carbons (Fsp3) is 0.585. The maximum atomic E-state index is 14.5. The topological polar surface area (TPSA) is 72.4 Å². The molecule has 0 unspecified atom stereocenters. The number of pyridine rings is 2. The second kappa shape index (κ2) is 30.7. The zero-order valence-electron chi connectivity index (χ0n) is 37.6. The lowest BCUT2D eigenvalue weighted by molar-refractivity contribution is -0.692. The molecule has 0 saturated heterocycles. The number of dihydropyridines is 1. The van der Waals surface area contributed by atoms with Gasteiger partial charge in [-0.3, -0.25) is 0 Å². The van der Waals surface area contributed by atoms with Crippen molar-refractivity contribution in [2.45, 2.75) is 187 Å². The molecule has 1 N–H and O–H groups in total. The number of aromatic nitrogens is 2. The van der Waals surface area contributed by atoms with Crippen LogP contribution >= 0.6 is 0 Å². The van der Waals surface area contributed by atoms with Crippen molar-refractivity contribution in [2.24, 2.45) is 0 Å². The number of nitrogens with one attached hydrogen (secondary N) is 1. The number of carbonyl (C=O) groups excluding carboxylic acids is 2. The van der Waals surface area contributed by atoms with Crippen LogP contribution in [0.25, 0.3) is 0 Å². The minimum Gasteiger partial charge on any atom is -0.462 e. The summed E-state index contributed by atoms with van der Waals surface area (Å²) in [5, 5.41) is 3.63. The summed E-state index contributed by atoms with van der Waals surface area (Å²) in [5.41, 5.74) is 3.25. The number of ether oxygens (including phenoxy) is 2. The number of unbranched alkanes of at least 4 members (excludes halogenated alkanes) is 22. The highest BCUT2D eigenvalue weighted by Gasteiger charge is 2.41. The van der Waals surface area contributed by atoms with Gasteiger partial charge in [-0.25, -0.2) is 9.59 Å². The van der Waals surface area contributed by atoms with Gasteiger partial charge in [0, 0.05) is 24.3 Å². The van der Waals surface area contributed by atoms with Crippen molar-refractivity contribution in [1.82, 2.24) is 5.32 Å². The molecule has 328 valence electrons. The van der Waals surface area contributed by atoms with E-state index in [9.17, 15) is 9.59 Å². The molecule has 3 heterocycles. The van der Waals surface area contributed by atoms with E-state index in [-0.39, 0.29) is 11.9 Å². The summed E-state index contributed by atoms with van der Waals surface area (Å²) in [4.78, 5) is 29.0. The molecule has 0 amide bonds. The van der Waals surface area contributed by atoms with E-state index in [0.29, 0.717) is 37.4 Å². The molecule has 7 heteroatoms. The Morgan fingerprint density at radius 2 is 0.767 bits per heavy atom. The molecule has 0 spiro atoms. The number of rotatable bonds is 33. The maximum absolute atomic E-state index is 14.5. The minimum atomic E-state index is -0.657.